The summed E-state index contributed by atoms with van der Waals surface area (Å²) in [6.07, 6.45) is 5.29. The van der Waals surface area contributed by atoms with E-state index in [9.17, 15) is 5.11 Å². The third kappa shape index (κ3) is 2.25. The van der Waals surface area contributed by atoms with Crippen LogP contribution in [-0.4, -0.2) is 21.0 Å². The molecule has 0 radical (unpaired) electrons. The fraction of sp³-hybridized carbons (Fsp3) is 0.750. The number of aromatic nitrogens is 2. The van der Waals surface area contributed by atoms with Gasteiger partial charge in [-0.3, -0.25) is 4.68 Å². The summed E-state index contributed by atoms with van der Waals surface area (Å²) in [5, 5.41) is 14.4. The normalized spacial score (nSPS) is 19.2. The quantitative estimate of drug-likeness (QED) is 0.885. The number of aliphatic hydroxyl groups excluding tert-OH is 1. The molecule has 3 nitrogen and oxygen atoms in total. The Balaban J connectivity index is 2.33. The molecular formula is C12H19ClN2O. The minimum atomic E-state index is -0.359. The van der Waals surface area contributed by atoms with Crippen LogP contribution in [0.25, 0.3) is 0 Å². The van der Waals surface area contributed by atoms with Gasteiger partial charge in [-0.25, -0.2) is 0 Å². The predicted octanol–water partition coefficient (Wildman–Crippen LogP) is 2.65. The fourth-order valence-corrected chi connectivity index (χ4v) is 3.03. The van der Waals surface area contributed by atoms with E-state index in [1.165, 1.54) is 31.4 Å². The highest BCUT2D eigenvalue weighted by atomic mass is 35.5. The molecule has 1 aromatic rings. The highest BCUT2D eigenvalue weighted by Gasteiger charge is 2.26. The second-order valence-electron chi connectivity index (χ2n) is 4.81. The van der Waals surface area contributed by atoms with Crippen molar-refractivity contribution >= 4 is 11.6 Å². The first kappa shape index (κ1) is 11.9. The predicted molar refractivity (Wildman–Crippen MR) is 64.8 cm³/mol. The number of hydrogen-bond donors (Lipinski definition) is 1. The van der Waals surface area contributed by atoms with Crippen molar-refractivity contribution in [3.05, 3.63) is 16.4 Å². The Kier molecular flexibility index (Phi) is 3.55. The van der Waals surface area contributed by atoms with Gasteiger partial charge in [0, 0.05) is 30.6 Å². The van der Waals surface area contributed by atoms with Gasteiger partial charge in [-0.2, -0.15) is 5.10 Å². The molecule has 1 heterocycles. The van der Waals surface area contributed by atoms with E-state index in [0.29, 0.717) is 17.5 Å². The number of nitrogens with zero attached hydrogens (tertiary/aromatic N) is 2. The van der Waals surface area contributed by atoms with Crippen molar-refractivity contribution in [2.75, 3.05) is 0 Å². The zero-order chi connectivity index (χ0) is 11.7. The summed E-state index contributed by atoms with van der Waals surface area (Å²) in [5.41, 5.74) is 2.29. The Labute approximate surface area is 101 Å². The van der Waals surface area contributed by atoms with E-state index >= 15 is 0 Å². The Bertz CT molecular complexity index is 367. The first-order chi connectivity index (χ1) is 7.59. The lowest BCUT2D eigenvalue weighted by molar-refractivity contribution is 0.195. The first-order valence-electron chi connectivity index (χ1n) is 5.99. The van der Waals surface area contributed by atoms with Crippen LogP contribution in [0, 0.1) is 0 Å². The number of aliphatic hydroxyl groups is 1. The molecule has 0 amide bonds. The Morgan fingerprint density at radius 1 is 1.50 bits per heavy atom. The van der Waals surface area contributed by atoms with E-state index < -0.39 is 0 Å². The van der Waals surface area contributed by atoms with E-state index in [1.54, 1.807) is 6.92 Å². The molecule has 0 aliphatic heterocycles. The lowest BCUT2D eigenvalue weighted by Gasteiger charge is -2.13. The van der Waals surface area contributed by atoms with Crippen LogP contribution < -0.4 is 0 Å². The molecule has 1 saturated carbocycles. The Hall–Kier alpha value is -0.540. The monoisotopic (exact) mass is 242 g/mol. The summed E-state index contributed by atoms with van der Waals surface area (Å²) in [5.74, 6) is 0.582. The van der Waals surface area contributed by atoms with Crippen molar-refractivity contribution in [2.45, 2.75) is 51.0 Å². The molecule has 1 aromatic heterocycles. The van der Waals surface area contributed by atoms with Gasteiger partial charge in [-0.1, -0.05) is 24.4 Å². The van der Waals surface area contributed by atoms with Gasteiger partial charge in [0.15, 0.2) is 5.15 Å². The van der Waals surface area contributed by atoms with Crippen LogP contribution in [0.3, 0.4) is 0 Å². The molecule has 16 heavy (non-hydrogen) atoms. The summed E-state index contributed by atoms with van der Waals surface area (Å²) in [6.45, 7) is 1.79. The molecule has 0 saturated heterocycles. The van der Waals surface area contributed by atoms with E-state index in [2.05, 4.69) is 5.10 Å². The fourth-order valence-electron chi connectivity index (χ4n) is 2.74. The summed E-state index contributed by atoms with van der Waals surface area (Å²) in [7, 11) is 1.95. The molecule has 4 heteroatoms. The molecule has 2 rings (SSSR count). The number of halogens is 1. The van der Waals surface area contributed by atoms with Crippen molar-refractivity contribution in [3.63, 3.8) is 0 Å². The van der Waals surface area contributed by atoms with Gasteiger partial charge >= 0.3 is 0 Å². The zero-order valence-electron chi connectivity index (χ0n) is 9.91. The Morgan fingerprint density at radius 3 is 2.69 bits per heavy atom. The molecule has 1 N–H and O–H groups in total. The Morgan fingerprint density at radius 2 is 2.12 bits per heavy atom. The van der Waals surface area contributed by atoms with Gasteiger partial charge in [-0.15, -0.1) is 0 Å². The highest BCUT2D eigenvalue weighted by molar-refractivity contribution is 6.30. The maximum absolute atomic E-state index is 9.51. The summed E-state index contributed by atoms with van der Waals surface area (Å²) in [4.78, 5) is 0. The van der Waals surface area contributed by atoms with Crippen LogP contribution >= 0.6 is 11.6 Å². The van der Waals surface area contributed by atoms with E-state index in [-0.39, 0.29) is 6.10 Å². The second-order valence-corrected chi connectivity index (χ2v) is 5.17. The summed E-state index contributed by atoms with van der Waals surface area (Å²) >= 11 is 6.13. The molecule has 1 fully saturated rings. The van der Waals surface area contributed by atoms with Gasteiger partial charge in [0.25, 0.3) is 0 Å². The van der Waals surface area contributed by atoms with Crippen LogP contribution in [0.15, 0.2) is 0 Å². The van der Waals surface area contributed by atoms with Gasteiger partial charge in [0.1, 0.15) is 0 Å². The van der Waals surface area contributed by atoms with Crippen LogP contribution in [0.5, 0.6) is 0 Å². The van der Waals surface area contributed by atoms with Crippen molar-refractivity contribution in [2.24, 2.45) is 7.05 Å². The van der Waals surface area contributed by atoms with Crippen molar-refractivity contribution in [3.8, 4) is 0 Å². The SMILES string of the molecule is CC(O)Cc1c(Cl)nn(C)c1C1CCCC1. The molecule has 90 valence electrons. The topological polar surface area (TPSA) is 38.1 Å². The van der Waals surface area contributed by atoms with Crippen LogP contribution in [-0.2, 0) is 13.5 Å². The lowest BCUT2D eigenvalue weighted by Crippen LogP contribution is -2.10. The minimum absolute atomic E-state index is 0.359. The molecule has 1 aliphatic rings. The van der Waals surface area contributed by atoms with E-state index in [1.807, 2.05) is 11.7 Å². The van der Waals surface area contributed by atoms with Gasteiger partial charge in [-0.05, 0) is 19.8 Å². The largest absolute Gasteiger partial charge is 0.393 e. The average molecular weight is 243 g/mol. The maximum Gasteiger partial charge on any atom is 0.154 e. The summed E-state index contributed by atoms with van der Waals surface area (Å²) in [6, 6.07) is 0. The highest BCUT2D eigenvalue weighted by Crippen LogP contribution is 2.37. The van der Waals surface area contributed by atoms with Gasteiger partial charge in [0.05, 0.1) is 6.10 Å². The van der Waals surface area contributed by atoms with E-state index in [0.717, 1.165) is 5.56 Å². The van der Waals surface area contributed by atoms with Crippen LogP contribution in [0.1, 0.15) is 49.8 Å². The molecule has 1 aliphatic carbocycles. The van der Waals surface area contributed by atoms with Gasteiger partial charge in [0.2, 0.25) is 0 Å². The summed E-state index contributed by atoms with van der Waals surface area (Å²) < 4.78 is 1.90. The maximum atomic E-state index is 9.51. The van der Waals surface area contributed by atoms with E-state index in [4.69, 9.17) is 11.6 Å². The molecular weight excluding hydrogens is 224 g/mol. The second kappa shape index (κ2) is 4.76. The number of aryl methyl sites for hydroxylation is 1. The zero-order valence-corrected chi connectivity index (χ0v) is 10.7. The molecule has 1 unspecified atom stereocenters. The van der Waals surface area contributed by atoms with Crippen molar-refractivity contribution in [1.29, 1.82) is 0 Å². The third-order valence-corrected chi connectivity index (χ3v) is 3.69. The standard InChI is InChI=1S/C12H19ClN2O/c1-8(16)7-10-11(9-5-3-4-6-9)15(2)14-12(10)13/h8-9,16H,3-7H2,1-2H3. The van der Waals surface area contributed by atoms with Crippen LogP contribution in [0.4, 0.5) is 0 Å². The molecule has 0 aromatic carbocycles. The molecule has 0 spiro atoms. The third-order valence-electron chi connectivity index (χ3n) is 3.39. The number of hydrogen-bond acceptors (Lipinski definition) is 2. The van der Waals surface area contributed by atoms with Crippen molar-refractivity contribution in [1.82, 2.24) is 9.78 Å². The smallest absolute Gasteiger partial charge is 0.154 e. The lowest BCUT2D eigenvalue weighted by atomic mass is 9.97. The number of rotatable bonds is 3. The molecule has 0 bridgehead atoms. The van der Waals surface area contributed by atoms with Crippen molar-refractivity contribution < 1.29 is 5.11 Å². The van der Waals surface area contributed by atoms with Gasteiger partial charge < -0.3 is 5.11 Å². The first-order valence-corrected chi connectivity index (χ1v) is 6.36. The van der Waals surface area contributed by atoms with Crippen LogP contribution in [0.2, 0.25) is 5.15 Å². The molecule has 1 atom stereocenters. The average Bonchev–Trinajstić information content (AvgIpc) is 2.75. The minimum Gasteiger partial charge on any atom is -0.393 e.